The van der Waals surface area contributed by atoms with Gasteiger partial charge in [-0.15, -0.1) is 0 Å². The largest absolute Gasteiger partial charge is 0.462 e. The number of nitrogens with one attached hydrogen (secondary N) is 1. The number of anilines is 1. The predicted octanol–water partition coefficient (Wildman–Crippen LogP) is 3.03. The van der Waals surface area contributed by atoms with Gasteiger partial charge in [-0.3, -0.25) is 13.9 Å². The summed E-state index contributed by atoms with van der Waals surface area (Å²) in [6.45, 7) is 6.65. The van der Waals surface area contributed by atoms with Crippen molar-refractivity contribution in [2.45, 2.75) is 71.1 Å². The fourth-order valence-electron chi connectivity index (χ4n) is 3.45. The summed E-state index contributed by atoms with van der Waals surface area (Å²) in [7, 11) is -4.04. The summed E-state index contributed by atoms with van der Waals surface area (Å²) >= 11 is 0. The average Bonchev–Trinajstić information content (AvgIpc) is 3.23. The zero-order valence-corrected chi connectivity index (χ0v) is 20.5. The summed E-state index contributed by atoms with van der Waals surface area (Å²) in [5, 5.41) is 2.66. The van der Waals surface area contributed by atoms with Gasteiger partial charge in [0.05, 0.1) is 18.3 Å². The fraction of sp³-hybridized carbons (Fsp3) is 0.500. The molecule has 0 bridgehead atoms. The van der Waals surface area contributed by atoms with Gasteiger partial charge in [-0.05, 0) is 58.7 Å². The van der Waals surface area contributed by atoms with Crippen molar-refractivity contribution in [3.05, 3.63) is 53.1 Å². The third-order valence-corrected chi connectivity index (χ3v) is 6.81. The Kier molecular flexibility index (Phi) is 8.48. The molecule has 3 rings (SSSR count). The van der Waals surface area contributed by atoms with Crippen LogP contribution in [0.2, 0.25) is 0 Å². The van der Waals surface area contributed by atoms with E-state index in [-0.39, 0.29) is 11.9 Å². The molecule has 2 aromatic rings. The van der Waals surface area contributed by atoms with Crippen LogP contribution >= 0.6 is 7.75 Å². The maximum Gasteiger partial charge on any atom is 0.459 e. The number of esters is 1. The molecule has 12 heteroatoms. The number of nitrogens with zero attached hydrogens (tertiary/aromatic N) is 2. The quantitative estimate of drug-likeness (QED) is 0.373. The number of benzene rings is 1. The van der Waals surface area contributed by atoms with Gasteiger partial charge in [-0.25, -0.2) is 9.36 Å². The smallest absolute Gasteiger partial charge is 0.459 e. The van der Waals surface area contributed by atoms with Crippen LogP contribution < -0.4 is 21.0 Å². The van der Waals surface area contributed by atoms with E-state index in [0.717, 1.165) is 0 Å². The first-order valence-corrected chi connectivity index (χ1v) is 12.6. The van der Waals surface area contributed by atoms with Crippen molar-refractivity contribution in [3.63, 3.8) is 0 Å². The molecule has 1 aliphatic rings. The summed E-state index contributed by atoms with van der Waals surface area (Å²) in [6, 6.07) is 9.05. The minimum absolute atomic E-state index is 0.127. The van der Waals surface area contributed by atoms with Gasteiger partial charge in [0.25, 0.3) is 0 Å². The third-order valence-electron chi connectivity index (χ3n) is 5.05. The van der Waals surface area contributed by atoms with Gasteiger partial charge < -0.3 is 19.7 Å². The molecule has 0 spiro atoms. The number of carbonyl (C=O) groups is 1. The standard InChI is InChI=1S/C22H31N4O7P/c1-14(2)30-21(27)15(3)25-34(29,33-17-8-6-5-7-9-17)32-16(4)18-10-11-20(31-18)26-13-12-19(23)24-22(26)28/h5-9,12-16,18,20H,10-11H2,1-4H3,(H,25,29)(H2,23,24,28). The minimum atomic E-state index is -4.04. The van der Waals surface area contributed by atoms with Crippen molar-refractivity contribution in [2.24, 2.45) is 0 Å². The summed E-state index contributed by atoms with van der Waals surface area (Å²) < 4.78 is 37.8. The molecule has 5 unspecified atom stereocenters. The lowest BCUT2D eigenvalue weighted by Gasteiger charge is -2.28. The second-order valence-corrected chi connectivity index (χ2v) is 9.94. The van der Waals surface area contributed by atoms with E-state index >= 15 is 0 Å². The molecule has 1 fully saturated rings. The number of aromatic nitrogens is 2. The molecule has 1 saturated heterocycles. The van der Waals surface area contributed by atoms with Crippen molar-refractivity contribution < 1.29 is 27.9 Å². The SMILES string of the molecule is CC(C)OC(=O)C(C)NP(=O)(Oc1ccccc1)OC(C)C1CCC(n2ccc(N)nc2=O)O1. The van der Waals surface area contributed by atoms with Crippen LogP contribution in [0.1, 0.15) is 46.8 Å². The molecular weight excluding hydrogens is 463 g/mol. The van der Waals surface area contributed by atoms with E-state index in [1.807, 2.05) is 0 Å². The fourth-order valence-corrected chi connectivity index (χ4v) is 5.16. The van der Waals surface area contributed by atoms with Gasteiger partial charge >= 0.3 is 19.4 Å². The van der Waals surface area contributed by atoms with Crippen LogP contribution in [0.15, 0.2) is 47.4 Å². The Morgan fingerprint density at radius 3 is 2.56 bits per heavy atom. The van der Waals surface area contributed by atoms with E-state index in [9.17, 15) is 14.2 Å². The molecular formula is C22H31N4O7P. The molecule has 34 heavy (non-hydrogen) atoms. The molecule has 0 aliphatic carbocycles. The highest BCUT2D eigenvalue weighted by molar-refractivity contribution is 7.52. The predicted molar refractivity (Wildman–Crippen MR) is 125 cm³/mol. The van der Waals surface area contributed by atoms with Gasteiger partial charge in [-0.1, -0.05) is 18.2 Å². The second-order valence-electron chi connectivity index (χ2n) is 8.30. The zero-order chi connectivity index (χ0) is 24.9. The number of nitrogen functional groups attached to an aromatic ring is 1. The summed E-state index contributed by atoms with van der Waals surface area (Å²) in [5.74, 6) is -0.155. The van der Waals surface area contributed by atoms with Crippen LogP contribution in [0.5, 0.6) is 5.75 Å². The molecule has 1 aromatic heterocycles. The molecule has 1 aliphatic heterocycles. The number of hydrogen-bond acceptors (Lipinski definition) is 9. The van der Waals surface area contributed by atoms with E-state index < -0.39 is 43.9 Å². The number of nitrogens with two attached hydrogens (primary N) is 1. The highest BCUT2D eigenvalue weighted by atomic mass is 31.2. The maximum atomic E-state index is 13.7. The van der Waals surface area contributed by atoms with Crippen LogP contribution in [0, 0.1) is 0 Å². The molecule has 186 valence electrons. The van der Waals surface area contributed by atoms with Crippen LogP contribution in [0.25, 0.3) is 0 Å². The van der Waals surface area contributed by atoms with Gasteiger partial charge in [-0.2, -0.15) is 10.1 Å². The Balaban J connectivity index is 1.72. The Morgan fingerprint density at radius 2 is 1.91 bits per heavy atom. The van der Waals surface area contributed by atoms with E-state index in [1.165, 1.54) is 23.8 Å². The van der Waals surface area contributed by atoms with E-state index in [0.29, 0.717) is 18.6 Å². The van der Waals surface area contributed by atoms with E-state index in [4.69, 9.17) is 24.3 Å². The van der Waals surface area contributed by atoms with Crippen LogP contribution in [0.3, 0.4) is 0 Å². The molecule has 5 atom stereocenters. The van der Waals surface area contributed by atoms with E-state index in [2.05, 4.69) is 10.1 Å². The highest BCUT2D eigenvalue weighted by Gasteiger charge is 2.39. The number of ether oxygens (including phenoxy) is 2. The minimum Gasteiger partial charge on any atom is -0.462 e. The third kappa shape index (κ3) is 6.89. The highest BCUT2D eigenvalue weighted by Crippen LogP contribution is 2.47. The molecule has 2 heterocycles. The van der Waals surface area contributed by atoms with Crippen molar-refractivity contribution in [3.8, 4) is 5.75 Å². The molecule has 0 saturated carbocycles. The first-order valence-electron chi connectivity index (χ1n) is 11.1. The number of para-hydroxylation sites is 1. The lowest BCUT2D eigenvalue weighted by atomic mass is 10.1. The summed E-state index contributed by atoms with van der Waals surface area (Å²) in [5.41, 5.74) is 5.03. The first-order chi connectivity index (χ1) is 16.1. The van der Waals surface area contributed by atoms with Crippen LogP contribution in [-0.4, -0.2) is 39.9 Å². The Morgan fingerprint density at radius 1 is 1.21 bits per heavy atom. The van der Waals surface area contributed by atoms with Crippen molar-refractivity contribution in [1.82, 2.24) is 14.6 Å². The maximum absolute atomic E-state index is 13.7. The van der Waals surface area contributed by atoms with Gasteiger partial charge in [0.15, 0.2) is 0 Å². The van der Waals surface area contributed by atoms with Gasteiger partial charge in [0, 0.05) is 6.20 Å². The zero-order valence-electron chi connectivity index (χ0n) is 19.6. The van der Waals surface area contributed by atoms with Crippen LogP contribution in [-0.2, 0) is 23.4 Å². The lowest BCUT2D eigenvalue weighted by molar-refractivity contribution is -0.149. The molecule has 11 nitrogen and oxygen atoms in total. The van der Waals surface area contributed by atoms with Crippen molar-refractivity contribution in [2.75, 3.05) is 5.73 Å². The van der Waals surface area contributed by atoms with Crippen molar-refractivity contribution in [1.29, 1.82) is 0 Å². The van der Waals surface area contributed by atoms with Gasteiger partial charge in [0.2, 0.25) is 0 Å². The first kappa shape index (κ1) is 25.9. The molecule has 3 N–H and O–H groups in total. The van der Waals surface area contributed by atoms with Gasteiger partial charge in [0.1, 0.15) is 23.8 Å². The average molecular weight is 494 g/mol. The molecule has 0 radical (unpaired) electrons. The summed E-state index contributed by atoms with van der Waals surface area (Å²) in [6.07, 6.45) is 0.521. The summed E-state index contributed by atoms with van der Waals surface area (Å²) in [4.78, 5) is 28.2. The number of carbonyl (C=O) groups excluding carboxylic acids is 1. The monoisotopic (exact) mass is 494 g/mol. The normalized spacial score (nSPS) is 21.6. The molecule has 1 aromatic carbocycles. The topological polar surface area (TPSA) is 144 Å². The van der Waals surface area contributed by atoms with Crippen molar-refractivity contribution >= 4 is 19.5 Å². The lowest BCUT2D eigenvalue weighted by Crippen LogP contribution is -2.38. The second kappa shape index (κ2) is 11.1. The Hall–Kier alpha value is -2.72. The molecule has 0 amide bonds. The number of rotatable bonds is 10. The number of hydrogen-bond donors (Lipinski definition) is 2. The van der Waals surface area contributed by atoms with E-state index in [1.54, 1.807) is 51.1 Å². The van der Waals surface area contributed by atoms with Crippen LogP contribution in [0.4, 0.5) is 5.82 Å². The Bertz CT molecular complexity index is 1080. The Labute approximate surface area is 198 Å².